The van der Waals surface area contributed by atoms with E-state index in [0.717, 1.165) is 0 Å². The normalized spacial score (nSPS) is 12.8. The van der Waals surface area contributed by atoms with Crippen LogP contribution in [0.1, 0.15) is 27.7 Å². The van der Waals surface area contributed by atoms with E-state index in [1.807, 2.05) is 0 Å². The fourth-order valence-electron chi connectivity index (χ4n) is 0.872. The van der Waals surface area contributed by atoms with Gasteiger partial charge in [-0.25, -0.2) is 9.59 Å². The van der Waals surface area contributed by atoms with E-state index in [0.29, 0.717) is 0 Å². The number of aliphatic hydroxyl groups excluding tert-OH is 1. The zero-order valence-corrected chi connectivity index (χ0v) is 10.1. The second-order valence-corrected chi connectivity index (χ2v) is 4.13. The van der Waals surface area contributed by atoms with Crippen molar-refractivity contribution in [3.63, 3.8) is 0 Å². The van der Waals surface area contributed by atoms with Crippen LogP contribution >= 0.6 is 0 Å². The molecule has 2 N–H and O–H groups in total. The lowest BCUT2D eigenvalue weighted by Crippen LogP contribution is -2.46. The van der Waals surface area contributed by atoms with Crippen molar-refractivity contribution in [3.8, 4) is 0 Å². The van der Waals surface area contributed by atoms with Gasteiger partial charge in [0.25, 0.3) is 0 Å². The predicted octanol–water partition coefficient (Wildman–Crippen LogP) is 0.435. The molecule has 16 heavy (non-hydrogen) atoms. The molecule has 0 aliphatic rings. The highest BCUT2D eigenvalue weighted by Gasteiger charge is 2.24. The first-order valence-electron chi connectivity index (χ1n) is 5.07. The Balaban J connectivity index is 4.22. The fraction of sp³-hybridized carbons (Fsp3) is 0.800. The van der Waals surface area contributed by atoms with Crippen LogP contribution in [-0.2, 0) is 14.3 Å². The number of rotatable bonds is 4. The summed E-state index contributed by atoms with van der Waals surface area (Å²) in [6.45, 7) is 6.39. The van der Waals surface area contributed by atoms with Gasteiger partial charge in [-0.2, -0.15) is 0 Å². The highest BCUT2D eigenvalue weighted by molar-refractivity contribution is 5.81. The summed E-state index contributed by atoms with van der Waals surface area (Å²) in [5, 5.41) is 11.1. The van der Waals surface area contributed by atoms with Crippen LogP contribution in [0.4, 0.5) is 4.79 Å². The Morgan fingerprint density at radius 1 is 1.38 bits per heavy atom. The SMILES string of the molecule is CCOC(=O)C(CO)NC(=O)OC(C)(C)C. The zero-order chi connectivity index (χ0) is 12.8. The van der Waals surface area contributed by atoms with Gasteiger partial charge >= 0.3 is 12.1 Å². The topological polar surface area (TPSA) is 84.9 Å². The fourth-order valence-corrected chi connectivity index (χ4v) is 0.872. The largest absolute Gasteiger partial charge is 0.464 e. The Labute approximate surface area is 94.9 Å². The van der Waals surface area contributed by atoms with Crippen LogP contribution in [0.5, 0.6) is 0 Å². The number of esters is 1. The quantitative estimate of drug-likeness (QED) is 0.688. The minimum absolute atomic E-state index is 0.186. The Morgan fingerprint density at radius 2 is 1.94 bits per heavy atom. The second-order valence-electron chi connectivity index (χ2n) is 4.13. The van der Waals surface area contributed by atoms with Gasteiger partial charge in [-0.05, 0) is 27.7 Å². The number of hydrogen-bond donors (Lipinski definition) is 2. The van der Waals surface area contributed by atoms with Gasteiger partial charge in [-0.3, -0.25) is 0 Å². The van der Waals surface area contributed by atoms with E-state index in [1.54, 1.807) is 27.7 Å². The molecular formula is C10H19NO5. The van der Waals surface area contributed by atoms with Gasteiger partial charge in [0, 0.05) is 0 Å². The van der Waals surface area contributed by atoms with Crippen LogP contribution in [0.15, 0.2) is 0 Å². The number of ether oxygens (including phenoxy) is 2. The minimum atomic E-state index is -1.09. The Kier molecular flexibility index (Phi) is 5.81. The van der Waals surface area contributed by atoms with Crippen molar-refractivity contribution in [2.45, 2.75) is 39.3 Å². The van der Waals surface area contributed by atoms with Gasteiger partial charge in [0.05, 0.1) is 13.2 Å². The molecule has 0 radical (unpaired) electrons. The van der Waals surface area contributed by atoms with Crippen LogP contribution in [-0.4, -0.2) is 42.0 Å². The van der Waals surface area contributed by atoms with Gasteiger partial charge in [0.15, 0.2) is 6.04 Å². The molecular weight excluding hydrogens is 214 g/mol. The minimum Gasteiger partial charge on any atom is -0.464 e. The number of hydrogen-bond acceptors (Lipinski definition) is 5. The maximum absolute atomic E-state index is 11.3. The van der Waals surface area contributed by atoms with Crippen LogP contribution < -0.4 is 5.32 Å². The molecule has 0 rings (SSSR count). The third-order valence-corrected chi connectivity index (χ3v) is 1.44. The molecule has 1 unspecified atom stereocenters. The highest BCUT2D eigenvalue weighted by atomic mass is 16.6. The monoisotopic (exact) mass is 233 g/mol. The summed E-state index contributed by atoms with van der Waals surface area (Å²) >= 11 is 0. The molecule has 0 aromatic carbocycles. The number of nitrogens with one attached hydrogen (secondary N) is 1. The van der Waals surface area contributed by atoms with Gasteiger partial charge in [-0.15, -0.1) is 0 Å². The summed E-state index contributed by atoms with van der Waals surface area (Å²) in [4.78, 5) is 22.5. The van der Waals surface area contributed by atoms with Crippen molar-refractivity contribution < 1.29 is 24.2 Å². The van der Waals surface area contributed by atoms with Crippen molar-refractivity contribution in [3.05, 3.63) is 0 Å². The third-order valence-electron chi connectivity index (χ3n) is 1.44. The molecule has 0 aliphatic carbocycles. The standard InChI is InChI=1S/C10H19NO5/c1-5-15-8(13)7(6-12)11-9(14)16-10(2,3)4/h7,12H,5-6H2,1-4H3,(H,11,14). The third kappa shape index (κ3) is 6.23. The molecule has 0 aromatic rings. The molecule has 6 nitrogen and oxygen atoms in total. The number of alkyl carbamates (subject to hydrolysis) is 1. The van der Waals surface area contributed by atoms with Crippen LogP contribution in [0.2, 0.25) is 0 Å². The summed E-state index contributed by atoms with van der Waals surface area (Å²) in [5.41, 5.74) is -0.654. The molecule has 94 valence electrons. The first-order valence-corrected chi connectivity index (χ1v) is 5.07. The molecule has 0 saturated carbocycles. The number of aliphatic hydroxyl groups is 1. The van der Waals surface area contributed by atoms with E-state index in [1.165, 1.54) is 0 Å². The summed E-state index contributed by atoms with van der Waals surface area (Å²) in [5.74, 6) is -0.684. The lowest BCUT2D eigenvalue weighted by atomic mass is 10.2. The second kappa shape index (κ2) is 6.32. The summed E-state index contributed by atoms with van der Waals surface area (Å²) in [7, 11) is 0. The van der Waals surface area contributed by atoms with Crippen molar-refractivity contribution in [2.75, 3.05) is 13.2 Å². The van der Waals surface area contributed by atoms with Gasteiger partial charge in [0.1, 0.15) is 5.60 Å². The molecule has 0 spiro atoms. The number of carbonyl (C=O) groups excluding carboxylic acids is 2. The van der Waals surface area contributed by atoms with Crippen molar-refractivity contribution in [2.24, 2.45) is 0 Å². The van der Waals surface area contributed by atoms with Crippen LogP contribution in [0.25, 0.3) is 0 Å². The van der Waals surface area contributed by atoms with E-state index < -0.39 is 30.3 Å². The molecule has 6 heteroatoms. The first kappa shape index (κ1) is 14.7. The smallest absolute Gasteiger partial charge is 0.408 e. The average molecular weight is 233 g/mol. The van der Waals surface area contributed by atoms with Crippen molar-refractivity contribution in [1.82, 2.24) is 5.32 Å². The van der Waals surface area contributed by atoms with E-state index in [2.05, 4.69) is 10.1 Å². The van der Waals surface area contributed by atoms with Gasteiger partial charge < -0.3 is 19.9 Å². The molecule has 0 aromatic heterocycles. The molecule has 0 saturated heterocycles. The average Bonchev–Trinajstić information content (AvgIpc) is 2.11. The van der Waals surface area contributed by atoms with E-state index in [-0.39, 0.29) is 6.61 Å². The van der Waals surface area contributed by atoms with Gasteiger partial charge in [0.2, 0.25) is 0 Å². The maximum Gasteiger partial charge on any atom is 0.408 e. The van der Waals surface area contributed by atoms with Crippen molar-refractivity contribution >= 4 is 12.1 Å². The molecule has 1 amide bonds. The van der Waals surface area contributed by atoms with E-state index >= 15 is 0 Å². The number of amides is 1. The van der Waals surface area contributed by atoms with Crippen LogP contribution in [0, 0.1) is 0 Å². The molecule has 0 aliphatic heterocycles. The lowest BCUT2D eigenvalue weighted by molar-refractivity contribution is -0.146. The Bertz CT molecular complexity index is 246. The van der Waals surface area contributed by atoms with Crippen molar-refractivity contribution in [1.29, 1.82) is 0 Å². The molecule has 1 atom stereocenters. The molecule has 0 bridgehead atoms. The summed E-state index contributed by atoms with van der Waals surface area (Å²) in [6.07, 6.45) is -0.764. The predicted molar refractivity (Wildman–Crippen MR) is 56.9 cm³/mol. The Morgan fingerprint density at radius 3 is 2.31 bits per heavy atom. The van der Waals surface area contributed by atoms with E-state index in [9.17, 15) is 9.59 Å². The molecule has 0 heterocycles. The summed E-state index contributed by atoms with van der Waals surface area (Å²) in [6, 6.07) is -1.09. The molecule has 0 fully saturated rings. The first-order chi connectivity index (χ1) is 7.30. The van der Waals surface area contributed by atoms with Crippen LogP contribution in [0.3, 0.4) is 0 Å². The van der Waals surface area contributed by atoms with Gasteiger partial charge in [-0.1, -0.05) is 0 Å². The summed E-state index contributed by atoms with van der Waals surface area (Å²) < 4.78 is 9.59. The van der Waals surface area contributed by atoms with E-state index in [4.69, 9.17) is 9.84 Å². The maximum atomic E-state index is 11.3. The Hall–Kier alpha value is -1.30. The zero-order valence-electron chi connectivity index (χ0n) is 10.1. The number of carbonyl (C=O) groups is 2. The lowest BCUT2D eigenvalue weighted by Gasteiger charge is -2.21. The highest BCUT2D eigenvalue weighted by Crippen LogP contribution is 2.06.